The average molecular weight is 253 g/mol. The zero-order chi connectivity index (χ0) is 13.8. The molecule has 1 heterocycles. The number of nitrogens with one attached hydrogen (secondary N) is 1. The minimum Gasteiger partial charge on any atom is -0.302 e. The normalized spacial score (nSPS) is 16.8. The lowest BCUT2D eigenvalue weighted by Crippen LogP contribution is -2.58. The first-order valence-corrected chi connectivity index (χ1v) is 6.55. The standard InChI is InChI=1S/C13H27N5/c1-6-13(2,17(3)4)12(16-14)8-7-11-9-15-18(5)10-11/h9-10,12,16H,6-8,14H2,1-5H3. The molecule has 0 fully saturated rings. The van der Waals surface area contributed by atoms with Gasteiger partial charge in [-0.1, -0.05) is 6.92 Å². The monoisotopic (exact) mass is 253 g/mol. The van der Waals surface area contributed by atoms with E-state index in [1.165, 1.54) is 5.56 Å². The molecule has 1 aromatic heterocycles. The van der Waals surface area contributed by atoms with Crippen LogP contribution >= 0.6 is 0 Å². The first-order chi connectivity index (χ1) is 8.43. The number of hydrazine groups is 1. The molecule has 1 aromatic rings. The van der Waals surface area contributed by atoms with E-state index >= 15 is 0 Å². The Kier molecular flexibility index (Phi) is 5.31. The van der Waals surface area contributed by atoms with E-state index < -0.39 is 0 Å². The zero-order valence-electron chi connectivity index (χ0n) is 12.3. The van der Waals surface area contributed by atoms with Crippen LogP contribution in [0.1, 0.15) is 32.3 Å². The lowest BCUT2D eigenvalue weighted by atomic mass is 9.85. The van der Waals surface area contributed by atoms with Gasteiger partial charge in [-0.15, -0.1) is 0 Å². The van der Waals surface area contributed by atoms with Crippen molar-refractivity contribution >= 4 is 0 Å². The van der Waals surface area contributed by atoms with Gasteiger partial charge in [0.1, 0.15) is 0 Å². The molecule has 0 aliphatic carbocycles. The first kappa shape index (κ1) is 15.1. The van der Waals surface area contributed by atoms with Gasteiger partial charge in [0.2, 0.25) is 0 Å². The summed E-state index contributed by atoms with van der Waals surface area (Å²) in [5.74, 6) is 5.74. The third kappa shape index (κ3) is 3.31. The van der Waals surface area contributed by atoms with Crippen LogP contribution in [-0.2, 0) is 13.5 Å². The summed E-state index contributed by atoms with van der Waals surface area (Å²) >= 11 is 0. The van der Waals surface area contributed by atoms with Crippen molar-refractivity contribution in [3.8, 4) is 0 Å². The third-order valence-electron chi connectivity index (χ3n) is 4.17. The van der Waals surface area contributed by atoms with Crippen LogP contribution in [0.3, 0.4) is 0 Å². The molecule has 5 nitrogen and oxygen atoms in total. The lowest BCUT2D eigenvalue weighted by molar-refractivity contribution is 0.108. The summed E-state index contributed by atoms with van der Waals surface area (Å²) in [6.45, 7) is 4.45. The van der Waals surface area contributed by atoms with Gasteiger partial charge < -0.3 is 4.90 Å². The van der Waals surface area contributed by atoms with E-state index in [1.54, 1.807) is 0 Å². The van der Waals surface area contributed by atoms with E-state index in [4.69, 9.17) is 5.84 Å². The van der Waals surface area contributed by atoms with Crippen LogP contribution in [0, 0.1) is 0 Å². The van der Waals surface area contributed by atoms with Crippen molar-refractivity contribution in [1.82, 2.24) is 20.1 Å². The predicted octanol–water partition coefficient (Wildman–Crippen LogP) is 0.915. The van der Waals surface area contributed by atoms with Crippen molar-refractivity contribution in [3.05, 3.63) is 18.0 Å². The fraction of sp³-hybridized carbons (Fsp3) is 0.769. The van der Waals surface area contributed by atoms with Crippen molar-refractivity contribution in [2.45, 2.75) is 44.7 Å². The Morgan fingerprint density at radius 1 is 1.56 bits per heavy atom. The Bertz CT molecular complexity index is 360. The highest BCUT2D eigenvalue weighted by molar-refractivity contribution is 5.05. The topological polar surface area (TPSA) is 59.1 Å². The van der Waals surface area contributed by atoms with Gasteiger partial charge in [0, 0.05) is 24.8 Å². The van der Waals surface area contributed by atoms with E-state index in [1.807, 2.05) is 17.9 Å². The summed E-state index contributed by atoms with van der Waals surface area (Å²) in [5.41, 5.74) is 4.31. The summed E-state index contributed by atoms with van der Waals surface area (Å²) in [6.07, 6.45) is 7.04. The maximum absolute atomic E-state index is 5.74. The fourth-order valence-electron chi connectivity index (χ4n) is 2.36. The molecule has 0 spiro atoms. The first-order valence-electron chi connectivity index (χ1n) is 6.55. The molecule has 18 heavy (non-hydrogen) atoms. The highest BCUT2D eigenvalue weighted by Gasteiger charge is 2.33. The Labute approximate surface area is 110 Å². The van der Waals surface area contributed by atoms with Gasteiger partial charge in [0.15, 0.2) is 0 Å². The summed E-state index contributed by atoms with van der Waals surface area (Å²) in [4.78, 5) is 2.25. The van der Waals surface area contributed by atoms with Crippen LogP contribution in [0.4, 0.5) is 0 Å². The Hall–Kier alpha value is -0.910. The summed E-state index contributed by atoms with van der Waals surface area (Å²) in [5, 5.41) is 4.19. The summed E-state index contributed by atoms with van der Waals surface area (Å²) in [6, 6.07) is 0.262. The summed E-state index contributed by atoms with van der Waals surface area (Å²) in [7, 11) is 6.16. The van der Waals surface area contributed by atoms with Gasteiger partial charge in [0.05, 0.1) is 6.20 Å². The van der Waals surface area contributed by atoms with Gasteiger partial charge in [0.25, 0.3) is 0 Å². The van der Waals surface area contributed by atoms with Crippen LogP contribution in [0.15, 0.2) is 12.4 Å². The number of hydrogen-bond acceptors (Lipinski definition) is 4. The second-order valence-corrected chi connectivity index (χ2v) is 5.39. The molecule has 104 valence electrons. The molecule has 0 amide bonds. The molecule has 0 aliphatic heterocycles. The number of nitrogens with two attached hydrogens (primary N) is 1. The van der Waals surface area contributed by atoms with Crippen LogP contribution < -0.4 is 11.3 Å². The van der Waals surface area contributed by atoms with Crippen LogP contribution in [-0.4, -0.2) is 40.4 Å². The quantitative estimate of drug-likeness (QED) is 0.560. The second-order valence-electron chi connectivity index (χ2n) is 5.39. The molecule has 0 saturated heterocycles. The minimum absolute atomic E-state index is 0.0664. The molecule has 0 aliphatic rings. The van der Waals surface area contributed by atoms with Gasteiger partial charge in [-0.05, 0) is 45.8 Å². The maximum atomic E-state index is 5.74. The van der Waals surface area contributed by atoms with Crippen molar-refractivity contribution < 1.29 is 0 Å². The number of hydrogen-bond donors (Lipinski definition) is 2. The Morgan fingerprint density at radius 3 is 2.61 bits per heavy atom. The van der Waals surface area contributed by atoms with E-state index in [2.05, 4.69) is 49.6 Å². The van der Waals surface area contributed by atoms with E-state index in [0.717, 1.165) is 19.3 Å². The maximum Gasteiger partial charge on any atom is 0.0521 e. The smallest absolute Gasteiger partial charge is 0.0521 e. The SMILES string of the molecule is CCC(C)(C(CCc1cnn(C)c1)NN)N(C)C. The number of aromatic nitrogens is 2. The largest absolute Gasteiger partial charge is 0.302 e. The van der Waals surface area contributed by atoms with E-state index in [9.17, 15) is 0 Å². The molecular weight excluding hydrogens is 226 g/mol. The molecule has 0 saturated carbocycles. The Morgan fingerprint density at radius 2 is 2.22 bits per heavy atom. The van der Waals surface area contributed by atoms with E-state index in [0.29, 0.717) is 0 Å². The van der Waals surface area contributed by atoms with Gasteiger partial charge in [-0.3, -0.25) is 16.0 Å². The molecule has 0 radical (unpaired) electrons. The third-order valence-corrected chi connectivity index (χ3v) is 4.17. The summed E-state index contributed by atoms with van der Waals surface area (Å²) < 4.78 is 1.84. The van der Waals surface area contributed by atoms with Crippen LogP contribution in [0.5, 0.6) is 0 Å². The minimum atomic E-state index is 0.0664. The molecular formula is C13H27N5. The van der Waals surface area contributed by atoms with Gasteiger partial charge >= 0.3 is 0 Å². The Balaban J connectivity index is 2.66. The fourth-order valence-corrected chi connectivity index (χ4v) is 2.36. The molecule has 1 rings (SSSR count). The molecule has 3 N–H and O–H groups in total. The molecule has 5 heteroatoms. The molecule has 0 aromatic carbocycles. The highest BCUT2D eigenvalue weighted by Crippen LogP contribution is 2.23. The second kappa shape index (κ2) is 6.31. The van der Waals surface area contributed by atoms with Crippen LogP contribution in [0.25, 0.3) is 0 Å². The molecule has 2 unspecified atom stereocenters. The predicted molar refractivity (Wildman–Crippen MR) is 75.0 cm³/mol. The number of nitrogens with zero attached hydrogens (tertiary/aromatic N) is 3. The van der Waals surface area contributed by atoms with Crippen LogP contribution in [0.2, 0.25) is 0 Å². The zero-order valence-corrected chi connectivity index (χ0v) is 12.3. The molecule has 0 bridgehead atoms. The lowest BCUT2D eigenvalue weighted by Gasteiger charge is -2.42. The van der Waals surface area contributed by atoms with Gasteiger partial charge in [-0.2, -0.15) is 5.10 Å². The average Bonchev–Trinajstić information content (AvgIpc) is 2.75. The number of likely N-dealkylation sites (N-methyl/N-ethyl adjacent to an activating group) is 1. The van der Waals surface area contributed by atoms with Crippen molar-refractivity contribution in [2.75, 3.05) is 14.1 Å². The molecule has 2 atom stereocenters. The highest BCUT2D eigenvalue weighted by atomic mass is 15.3. The van der Waals surface area contributed by atoms with E-state index in [-0.39, 0.29) is 11.6 Å². The number of aryl methyl sites for hydroxylation is 2. The van der Waals surface area contributed by atoms with Crippen molar-refractivity contribution in [3.63, 3.8) is 0 Å². The van der Waals surface area contributed by atoms with Crippen molar-refractivity contribution in [1.29, 1.82) is 0 Å². The number of rotatable bonds is 7. The van der Waals surface area contributed by atoms with Crippen molar-refractivity contribution in [2.24, 2.45) is 12.9 Å². The van der Waals surface area contributed by atoms with Gasteiger partial charge in [-0.25, -0.2) is 0 Å².